The average molecular weight is 635 g/mol. The molecule has 2 saturated heterocycles. The number of hydrogen-bond donors (Lipinski definition) is 4. The Hall–Kier alpha value is -3.20. The molecule has 1 aromatic carbocycles. The maximum Gasteiger partial charge on any atom is 0.345 e. The van der Waals surface area contributed by atoms with Crippen LogP contribution in [0.5, 0.6) is 0 Å². The highest BCUT2D eigenvalue weighted by Gasteiger charge is 2.42. The number of carbonyl (C=O) groups is 3. The zero-order valence-electron chi connectivity index (χ0n) is 23.2. The topological polar surface area (TPSA) is 182 Å². The minimum atomic E-state index is -0.723. The number of carbonyl (C=O) groups excluding carboxylic acids is 3. The summed E-state index contributed by atoms with van der Waals surface area (Å²) >= 11 is 1.89. The molecule has 0 spiro atoms. The third kappa shape index (κ3) is 9.15. The number of nitrogens with one attached hydrogen (secondary N) is 4. The molecule has 2 aliphatic heterocycles. The summed E-state index contributed by atoms with van der Waals surface area (Å²) in [7, 11) is 5.06. The van der Waals surface area contributed by atoms with Crippen LogP contribution in [0.3, 0.4) is 0 Å². The van der Waals surface area contributed by atoms with Gasteiger partial charge in [0.25, 0.3) is 0 Å². The van der Waals surface area contributed by atoms with E-state index in [0.29, 0.717) is 41.4 Å². The standard InChI is InChI=1S/C26H34N8O5S3/c1-34(17-7-6-16-12-18(32-33-27)25(37)39-20(16)13-17)14-23(36)29-9-11-42-41-10-8-28-22(35)5-3-2-4-21-24-19(15-40-21)30-26(38)31-24/h6-7,12-13,19,21,24H,2-5,8-11,14-15H2,1H3,(H,28,35)(H,29,36)(H2,30,31,38)/t19-,21-,24-/m0/s1. The lowest BCUT2D eigenvalue weighted by molar-refractivity contribution is -0.121. The van der Waals surface area contributed by atoms with Crippen LogP contribution >= 0.6 is 33.3 Å². The van der Waals surface area contributed by atoms with Gasteiger partial charge in [-0.05, 0) is 36.6 Å². The number of anilines is 1. The van der Waals surface area contributed by atoms with E-state index in [1.165, 1.54) is 6.07 Å². The molecule has 13 nitrogen and oxygen atoms in total. The molecule has 0 radical (unpaired) electrons. The number of fused-ring (bicyclic) bond motifs is 2. The predicted molar refractivity (Wildman–Crippen MR) is 169 cm³/mol. The number of hydrogen-bond acceptors (Lipinski definition) is 10. The summed E-state index contributed by atoms with van der Waals surface area (Å²) in [5.74, 6) is 2.40. The van der Waals surface area contributed by atoms with Crippen LogP contribution in [-0.4, -0.2) is 79.1 Å². The van der Waals surface area contributed by atoms with Crippen molar-refractivity contribution in [2.75, 3.05) is 48.8 Å². The molecule has 1 aromatic heterocycles. The van der Waals surface area contributed by atoms with Crippen LogP contribution in [0.1, 0.15) is 25.7 Å². The van der Waals surface area contributed by atoms with Gasteiger partial charge in [-0.3, -0.25) is 9.59 Å². The summed E-state index contributed by atoms with van der Waals surface area (Å²) in [4.78, 5) is 52.2. The van der Waals surface area contributed by atoms with E-state index in [4.69, 9.17) is 9.95 Å². The minimum absolute atomic E-state index is 0.0660. The predicted octanol–water partition coefficient (Wildman–Crippen LogP) is 3.51. The zero-order valence-corrected chi connectivity index (χ0v) is 25.6. The molecule has 0 unspecified atom stereocenters. The van der Waals surface area contributed by atoms with E-state index in [9.17, 15) is 19.2 Å². The second-order valence-electron chi connectivity index (χ2n) is 9.90. The molecule has 2 fully saturated rings. The van der Waals surface area contributed by atoms with Crippen molar-refractivity contribution in [1.29, 1.82) is 0 Å². The minimum Gasteiger partial charge on any atom is -0.422 e. The Bertz CT molecular complexity index is 1390. The highest BCUT2D eigenvalue weighted by atomic mass is 33.1. The maximum absolute atomic E-state index is 12.4. The lowest BCUT2D eigenvalue weighted by Gasteiger charge is -2.19. The number of azide groups is 1. The van der Waals surface area contributed by atoms with Gasteiger partial charge in [-0.2, -0.15) is 11.8 Å². The Kier molecular flexibility index (Phi) is 12.0. The van der Waals surface area contributed by atoms with E-state index in [1.807, 2.05) is 11.8 Å². The van der Waals surface area contributed by atoms with Crippen molar-refractivity contribution in [3.63, 3.8) is 0 Å². The number of rotatable bonds is 16. The molecular formula is C26H34N8O5S3. The number of benzene rings is 1. The lowest BCUT2D eigenvalue weighted by Crippen LogP contribution is -2.36. The molecule has 3 atom stereocenters. The molecule has 4 rings (SSSR count). The third-order valence-electron chi connectivity index (χ3n) is 6.85. The highest BCUT2D eigenvalue weighted by molar-refractivity contribution is 8.76. The highest BCUT2D eigenvalue weighted by Crippen LogP contribution is 2.33. The molecule has 4 amide bonds. The summed E-state index contributed by atoms with van der Waals surface area (Å²) < 4.78 is 5.24. The van der Waals surface area contributed by atoms with Crippen LogP contribution in [-0.2, 0) is 9.59 Å². The van der Waals surface area contributed by atoms with Gasteiger partial charge in [0.15, 0.2) is 0 Å². The average Bonchev–Trinajstić information content (AvgIpc) is 3.51. The molecule has 2 aliphatic rings. The van der Waals surface area contributed by atoms with Crippen molar-refractivity contribution in [3.05, 3.63) is 45.1 Å². The van der Waals surface area contributed by atoms with Crippen LogP contribution in [0.4, 0.5) is 16.2 Å². The number of nitrogens with zero attached hydrogens (tertiary/aromatic N) is 4. The van der Waals surface area contributed by atoms with Gasteiger partial charge in [0, 0.05) is 71.1 Å². The Labute approximate surface area is 255 Å². The summed E-state index contributed by atoms with van der Waals surface area (Å²) in [6.45, 7) is 1.25. The first kappa shape index (κ1) is 31.7. The summed E-state index contributed by atoms with van der Waals surface area (Å²) in [6, 6.07) is 7.03. The summed E-state index contributed by atoms with van der Waals surface area (Å²) in [5, 5.41) is 16.2. The molecule has 0 aliphatic carbocycles. The molecular weight excluding hydrogens is 601 g/mol. The van der Waals surface area contributed by atoms with Crippen LogP contribution in [0, 0.1) is 0 Å². The molecule has 0 bridgehead atoms. The smallest absolute Gasteiger partial charge is 0.345 e. The van der Waals surface area contributed by atoms with Crippen molar-refractivity contribution < 1.29 is 18.8 Å². The van der Waals surface area contributed by atoms with Gasteiger partial charge in [-0.25, -0.2) is 9.59 Å². The van der Waals surface area contributed by atoms with Crippen LogP contribution in [0.15, 0.2) is 38.6 Å². The van der Waals surface area contributed by atoms with Gasteiger partial charge in [-0.15, -0.1) is 0 Å². The molecule has 4 N–H and O–H groups in total. The van der Waals surface area contributed by atoms with E-state index in [2.05, 4.69) is 31.3 Å². The molecule has 3 heterocycles. The maximum atomic E-state index is 12.4. The first-order valence-electron chi connectivity index (χ1n) is 13.6. The molecule has 0 saturated carbocycles. The first-order valence-corrected chi connectivity index (χ1v) is 17.2. The molecule has 226 valence electrons. The Balaban J connectivity index is 1.01. The van der Waals surface area contributed by atoms with Gasteiger partial charge in [0.1, 0.15) is 11.3 Å². The normalized spacial score (nSPS) is 19.0. The fourth-order valence-corrected chi connectivity index (χ4v) is 8.11. The van der Waals surface area contributed by atoms with E-state index in [1.54, 1.807) is 51.7 Å². The van der Waals surface area contributed by atoms with E-state index >= 15 is 0 Å². The SMILES string of the molecule is CN(CC(=O)NCCSSCCNC(=O)CCCC[C@@H]1SC[C@@H]2NC(=O)N[C@@H]21)c1ccc2cc(N=[N+]=[N-])c(=O)oc2c1. The zero-order chi connectivity index (χ0) is 29.9. The molecule has 42 heavy (non-hydrogen) atoms. The van der Waals surface area contributed by atoms with Crippen molar-refractivity contribution in [2.45, 2.75) is 43.0 Å². The Morgan fingerprint density at radius 3 is 2.67 bits per heavy atom. The quantitative estimate of drug-likeness (QED) is 0.0408. The van der Waals surface area contributed by atoms with Gasteiger partial charge in [0.05, 0.1) is 18.6 Å². The monoisotopic (exact) mass is 634 g/mol. The molecule has 16 heteroatoms. The fraction of sp³-hybridized carbons (Fsp3) is 0.538. The van der Waals surface area contributed by atoms with Gasteiger partial charge >= 0.3 is 11.7 Å². The fourth-order valence-electron chi connectivity index (χ4n) is 4.75. The largest absolute Gasteiger partial charge is 0.422 e. The van der Waals surface area contributed by atoms with Crippen molar-refractivity contribution in [3.8, 4) is 0 Å². The number of unbranched alkanes of at least 4 members (excludes halogenated alkanes) is 1. The first-order chi connectivity index (χ1) is 20.3. The third-order valence-corrected chi connectivity index (χ3v) is 10.8. The van der Waals surface area contributed by atoms with E-state index < -0.39 is 5.63 Å². The molecule has 2 aromatic rings. The van der Waals surface area contributed by atoms with Crippen molar-refractivity contribution in [2.24, 2.45) is 5.11 Å². The van der Waals surface area contributed by atoms with Crippen LogP contribution in [0.25, 0.3) is 21.4 Å². The van der Waals surface area contributed by atoms with Gasteiger partial charge in [0.2, 0.25) is 11.8 Å². The number of likely N-dealkylation sites (N-methyl/N-ethyl adjacent to an activating group) is 1. The van der Waals surface area contributed by atoms with Gasteiger partial charge < -0.3 is 30.6 Å². The Morgan fingerprint density at radius 2 is 1.90 bits per heavy atom. The van der Waals surface area contributed by atoms with Crippen LogP contribution < -0.4 is 31.8 Å². The van der Waals surface area contributed by atoms with Crippen molar-refractivity contribution >= 4 is 73.5 Å². The number of urea groups is 1. The Morgan fingerprint density at radius 1 is 1.14 bits per heavy atom. The van der Waals surface area contributed by atoms with E-state index in [-0.39, 0.29) is 42.2 Å². The second kappa shape index (κ2) is 15.9. The number of thioether (sulfide) groups is 1. The summed E-state index contributed by atoms with van der Waals surface area (Å²) in [6.07, 6.45) is 3.33. The van der Waals surface area contributed by atoms with Gasteiger partial charge in [-0.1, -0.05) is 33.1 Å². The van der Waals surface area contributed by atoms with Crippen molar-refractivity contribution in [1.82, 2.24) is 21.3 Å². The second-order valence-corrected chi connectivity index (χ2v) is 13.9. The lowest BCUT2D eigenvalue weighted by atomic mass is 10.0. The summed E-state index contributed by atoms with van der Waals surface area (Å²) in [5.41, 5.74) is 8.75. The number of amides is 4. The van der Waals surface area contributed by atoms with Crippen LogP contribution in [0.2, 0.25) is 0 Å². The van der Waals surface area contributed by atoms with E-state index in [0.717, 1.165) is 36.5 Å².